The number of benzene rings is 2. The van der Waals surface area contributed by atoms with Crippen LogP contribution in [0.25, 0.3) is 5.57 Å². The summed E-state index contributed by atoms with van der Waals surface area (Å²) >= 11 is 0. The average molecular weight is 321 g/mol. The molecule has 3 rings (SSSR count). The lowest BCUT2D eigenvalue weighted by Gasteiger charge is -2.29. The van der Waals surface area contributed by atoms with Crippen molar-refractivity contribution < 1.29 is 9.53 Å². The molecule has 0 saturated heterocycles. The highest BCUT2D eigenvalue weighted by Gasteiger charge is 2.33. The minimum Gasteiger partial charge on any atom is -0.444 e. The fourth-order valence-corrected chi connectivity index (χ4v) is 2.88. The number of amides is 1. The monoisotopic (exact) mass is 321 g/mol. The van der Waals surface area contributed by atoms with E-state index in [1.165, 1.54) is 0 Å². The zero-order chi connectivity index (χ0) is 17.2. The molecule has 124 valence electrons. The van der Waals surface area contributed by atoms with Crippen LogP contribution in [0, 0.1) is 0 Å². The van der Waals surface area contributed by atoms with Gasteiger partial charge in [0.1, 0.15) is 5.60 Å². The summed E-state index contributed by atoms with van der Waals surface area (Å²) in [6, 6.07) is 20.2. The molecule has 24 heavy (non-hydrogen) atoms. The maximum atomic E-state index is 12.7. The summed E-state index contributed by atoms with van der Waals surface area (Å²) in [5, 5.41) is 0. The Bertz CT molecular complexity index is 729. The van der Waals surface area contributed by atoms with Gasteiger partial charge < -0.3 is 4.74 Å². The van der Waals surface area contributed by atoms with Crippen LogP contribution in [0.2, 0.25) is 0 Å². The van der Waals surface area contributed by atoms with E-state index in [0.29, 0.717) is 6.54 Å². The zero-order valence-electron chi connectivity index (χ0n) is 14.4. The second-order valence-electron chi connectivity index (χ2n) is 7.02. The van der Waals surface area contributed by atoms with E-state index in [0.717, 1.165) is 16.7 Å². The largest absolute Gasteiger partial charge is 0.444 e. The van der Waals surface area contributed by atoms with Crippen LogP contribution >= 0.6 is 0 Å². The molecule has 1 atom stereocenters. The number of rotatable bonds is 2. The summed E-state index contributed by atoms with van der Waals surface area (Å²) in [5.74, 6) is 0. The van der Waals surface area contributed by atoms with Crippen LogP contribution in [0.15, 0.2) is 66.7 Å². The molecule has 0 fully saturated rings. The second-order valence-corrected chi connectivity index (χ2v) is 7.02. The SMILES string of the molecule is CC(C)(C)OC(=O)N1CC(c2ccccc2)=C[C@H]1c1ccccc1. The zero-order valence-corrected chi connectivity index (χ0v) is 14.4. The van der Waals surface area contributed by atoms with E-state index in [9.17, 15) is 4.79 Å². The molecule has 0 saturated carbocycles. The van der Waals surface area contributed by atoms with Crippen molar-refractivity contribution in [3.63, 3.8) is 0 Å². The van der Waals surface area contributed by atoms with Gasteiger partial charge in [-0.05, 0) is 37.5 Å². The lowest BCUT2D eigenvalue weighted by molar-refractivity contribution is 0.0242. The highest BCUT2D eigenvalue weighted by molar-refractivity contribution is 5.79. The molecule has 1 aliphatic rings. The van der Waals surface area contributed by atoms with E-state index in [1.807, 2.05) is 69.3 Å². The molecule has 2 aromatic carbocycles. The molecular formula is C21H23NO2. The Labute approximate surface area is 143 Å². The summed E-state index contributed by atoms with van der Waals surface area (Å²) in [4.78, 5) is 14.5. The number of carbonyl (C=O) groups is 1. The molecule has 2 aromatic rings. The molecule has 0 aromatic heterocycles. The Kier molecular flexibility index (Phi) is 4.43. The average Bonchev–Trinajstić information content (AvgIpc) is 3.00. The minimum atomic E-state index is -0.506. The Hall–Kier alpha value is -2.55. The lowest BCUT2D eigenvalue weighted by atomic mass is 10.0. The maximum absolute atomic E-state index is 12.7. The molecule has 1 amide bonds. The summed E-state index contributed by atoms with van der Waals surface area (Å²) in [6.07, 6.45) is 1.88. The van der Waals surface area contributed by atoms with Gasteiger partial charge in [0, 0.05) is 0 Å². The van der Waals surface area contributed by atoms with Crippen LogP contribution in [0.3, 0.4) is 0 Å². The van der Waals surface area contributed by atoms with Gasteiger partial charge in [0.2, 0.25) is 0 Å². The van der Waals surface area contributed by atoms with E-state index >= 15 is 0 Å². The molecule has 3 nitrogen and oxygen atoms in total. The molecule has 1 heterocycles. The normalized spacial score (nSPS) is 17.5. The van der Waals surface area contributed by atoms with Gasteiger partial charge in [0.15, 0.2) is 0 Å². The van der Waals surface area contributed by atoms with Crippen LogP contribution in [0.5, 0.6) is 0 Å². The molecule has 0 radical (unpaired) electrons. The Morgan fingerprint density at radius 3 is 2.17 bits per heavy atom. The van der Waals surface area contributed by atoms with Crippen molar-refractivity contribution in [3.8, 4) is 0 Å². The molecule has 0 spiro atoms. The van der Waals surface area contributed by atoms with Crippen molar-refractivity contribution in [3.05, 3.63) is 77.9 Å². The van der Waals surface area contributed by atoms with Gasteiger partial charge in [-0.15, -0.1) is 0 Å². The van der Waals surface area contributed by atoms with Crippen molar-refractivity contribution >= 4 is 11.7 Å². The van der Waals surface area contributed by atoms with Crippen molar-refractivity contribution in [1.82, 2.24) is 4.90 Å². The van der Waals surface area contributed by atoms with Crippen LogP contribution in [-0.2, 0) is 4.74 Å². The predicted octanol–water partition coefficient (Wildman–Crippen LogP) is 5.06. The van der Waals surface area contributed by atoms with Gasteiger partial charge in [0.25, 0.3) is 0 Å². The van der Waals surface area contributed by atoms with Crippen LogP contribution in [0.1, 0.15) is 37.9 Å². The van der Waals surface area contributed by atoms with E-state index in [2.05, 4.69) is 18.2 Å². The smallest absolute Gasteiger partial charge is 0.411 e. The number of nitrogens with zero attached hydrogens (tertiary/aromatic N) is 1. The van der Waals surface area contributed by atoms with Gasteiger partial charge in [-0.3, -0.25) is 4.90 Å². The van der Waals surface area contributed by atoms with Gasteiger partial charge in [-0.25, -0.2) is 4.79 Å². The van der Waals surface area contributed by atoms with E-state index < -0.39 is 5.60 Å². The van der Waals surface area contributed by atoms with Gasteiger partial charge in [-0.1, -0.05) is 66.7 Å². The third-order valence-corrected chi connectivity index (χ3v) is 3.95. The number of hydrogen-bond acceptors (Lipinski definition) is 2. The molecule has 3 heteroatoms. The molecular weight excluding hydrogens is 298 g/mol. The first-order chi connectivity index (χ1) is 11.4. The summed E-state index contributed by atoms with van der Waals surface area (Å²) < 4.78 is 5.61. The summed E-state index contributed by atoms with van der Waals surface area (Å²) in [7, 11) is 0. The maximum Gasteiger partial charge on any atom is 0.411 e. The Balaban J connectivity index is 1.92. The lowest BCUT2D eigenvalue weighted by Crippen LogP contribution is -2.37. The highest BCUT2D eigenvalue weighted by Crippen LogP contribution is 2.35. The number of ether oxygens (including phenoxy) is 1. The van der Waals surface area contributed by atoms with Crippen molar-refractivity contribution in [2.24, 2.45) is 0 Å². The van der Waals surface area contributed by atoms with Gasteiger partial charge >= 0.3 is 6.09 Å². The quantitative estimate of drug-likeness (QED) is 0.773. The third kappa shape index (κ3) is 3.67. The van der Waals surface area contributed by atoms with Crippen molar-refractivity contribution in [2.45, 2.75) is 32.4 Å². The highest BCUT2D eigenvalue weighted by atomic mass is 16.6. The molecule has 0 bridgehead atoms. The van der Waals surface area contributed by atoms with E-state index in [-0.39, 0.29) is 12.1 Å². The number of carbonyl (C=O) groups excluding carboxylic acids is 1. The first-order valence-electron chi connectivity index (χ1n) is 8.25. The number of hydrogen-bond donors (Lipinski definition) is 0. The van der Waals surface area contributed by atoms with Crippen molar-refractivity contribution in [1.29, 1.82) is 0 Å². The Morgan fingerprint density at radius 2 is 1.58 bits per heavy atom. The molecule has 0 N–H and O–H groups in total. The summed E-state index contributed by atoms with van der Waals surface area (Å²) in [6.45, 7) is 6.23. The fraction of sp³-hybridized carbons (Fsp3) is 0.286. The Morgan fingerprint density at radius 1 is 1.00 bits per heavy atom. The first kappa shape index (κ1) is 16.3. The standard InChI is InChI=1S/C21H23NO2/c1-21(2,3)24-20(23)22-15-18(16-10-6-4-7-11-16)14-19(22)17-12-8-5-9-13-17/h4-14,19H,15H2,1-3H3/t19-/m0/s1. The van der Waals surface area contributed by atoms with Crippen molar-refractivity contribution in [2.75, 3.05) is 6.54 Å². The van der Waals surface area contributed by atoms with Gasteiger partial charge in [-0.2, -0.15) is 0 Å². The van der Waals surface area contributed by atoms with Crippen LogP contribution in [-0.4, -0.2) is 23.1 Å². The van der Waals surface area contributed by atoms with Gasteiger partial charge in [0.05, 0.1) is 12.6 Å². The fourth-order valence-electron chi connectivity index (χ4n) is 2.88. The van der Waals surface area contributed by atoms with Crippen LogP contribution < -0.4 is 0 Å². The van der Waals surface area contributed by atoms with Crippen LogP contribution in [0.4, 0.5) is 4.79 Å². The molecule has 1 aliphatic heterocycles. The van der Waals surface area contributed by atoms with E-state index in [4.69, 9.17) is 4.74 Å². The molecule has 0 unspecified atom stereocenters. The summed E-state index contributed by atoms with van der Waals surface area (Å²) in [5.41, 5.74) is 2.88. The van der Waals surface area contributed by atoms with E-state index in [1.54, 1.807) is 4.90 Å². The predicted molar refractivity (Wildman–Crippen MR) is 96.5 cm³/mol. The third-order valence-electron chi connectivity index (χ3n) is 3.95. The minimum absolute atomic E-state index is 0.101. The topological polar surface area (TPSA) is 29.5 Å². The molecule has 0 aliphatic carbocycles. The second kappa shape index (κ2) is 6.52. The first-order valence-corrected chi connectivity index (χ1v) is 8.25.